The maximum absolute atomic E-state index is 12.2. The van der Waals surface area contributed by atoms with Crippen molar-refractivity contribution in [1.82, 2.24) is 4.90 Å². The van der Waals surface area contributed by atoms with Crippen LogP contribution in [0.4, 0.5) is 0 Å². The van der Waals surface area contributed by atoms with Gasteiger partial charge in [-0.15, -0.1) is 0 Å². The van der Waals surface area contributed by atoms with Crippen molar-refractivity contribution in [3.8, 4) is 0 Å². The fourth-order valence-electron chi connectivity index (χ4n) is 3.67. The number of amides is 1. The van der Waals surface area contributed by atoms with Gasteiger partial charge in [-0.3, -0.25) is 9.69 Å². The molecule has 0 aromatic rings. The van der Waals surface area contributed by atoms with E-state index >= 15 is 0 Å². The van der Waals surface area contributed by atoms with Crippen LogP contribution < -0.4 is 0 Å². The quantitative estimate of drug-likeness (QED) is 0.343. The van der Waals surface area contributed by atoms with Crippen LogP contribution in [-0.4, -0.2) is 29.4 Å². The molecule has 1 aliphatic carbocycles. The molecule has 3 aliphatic rings. The molecule has 1 saturated heterocycles. The number of carbonyl (C=O) groups excluding carboxylic acids is 2. The number of hydrogen-bond donors (Lipinski definition) is 0. The summed E-state index contributed by atoms with van der Waals surface area (Å²) in [6, 6.07) is 0.0779. The molecule has 0 aromatic heterocycles. The minimum absolute atomic E-state index is 0.0371. The van der Waals surface area contributed by atoms with Gasteiger partial charge in [0.1, 0.15) is 12.3 Å². The molecule has 106 valence electrons. The molecule has 2 atom stereocenters. The van der Waals surface area contributed by atoms with Crippen LogP contribution in [0.5, 0.6) is 0 Å². The third kappa shape index (κ3) is 1.67. The molecule has 0 radical (unpaired) electrons. The predicted octanol–water partition coefficient (Wildman–Crippen LogP) is 2.33. The zero-order valence-electron chi connectivity index (χ0n) is 11.7. The van der Waals surface area contributed by atoms with E-state index in [4.69, 9.17) is 4.74 Å². The summed E-state index contributed by atoms with van der Waals surface area (Å²) in [5.74, 6) is -0.0957. The van der Waals surface area contributed by atoms with Gasteiger partial charge in [-0.05, 0) is 31.8 Å². The number of esters is 1. The normalized spacial score (nSPS) is 29.9. The highest BCUT2D eigenvalue weighted by Crippen LogP contribution is 2.51. The number of rotatable bonds is 3. The zero-order valence-corrected chi connectivity index (χ0v) is 11.7. The van der Waals surface area contributed by atoms with E-state index in [1.54, 1.807) is 11.0 Å². The molecule has 2 heterocycles. The van der Waals surface area contributed by atoms with Gasteiger partial charge in [0.05, 0.1) is 6.04 Å². The predicted molar refractivity (Wildman–Crippen MR) is 74.5 cm³/mol. The van der Waals surface area contributed by atoms with Crippen molar-refractivity contribution in [3.05, 3.63) is 35.6 Å². The van der Waals surface area contributed by atoms with E-state index in [2.05, 4.69) is 6.58 Å². The minimum Gasteiger partial charge on any atom is -0.457 e. The van der Waals surface area contributed by atoms with E-state index in [0.717, 1.165) is 30.4 Å². The third-order valence-corrected chi connectivity index (χ3v) is 4.48. The number of ether oxygens (including phenoxy) is 1. The first-order valence-corrected chi connectivity index (χ1v) is 7.21. The summed E-state index contributed by atoms with van der Waals surface area (Å²) >= 11 is 0. The Balaban J connectivity index is 1.95. The molecular formula is C16H19NO3. The molecule has 4 heteroatoms. The van der Waals surface area contributed by atoms with Crippen LogP contribution in [0.25, 0.3) is 0 Å². The number of hydrogen-bond acceptors (Lipinski definition) is 3. The third-order valence-electron chi connectivity index (χ3n) is 4.48. The Morgan fingerprint density at radius 3 is 3.00 bits per heavy atom. The number of nitrogens with zero attached hydrogens (tertiary/aromatic N) is 1. The van der Waals surface area contributed by atoms with Crippen LogP contribution in [0, 0.1) is 5.92 Å². The average molecular weight is 273 g/mol. The highest BCUT2D eigenvalue weighted by Gasteiger charge is 2.56. The number of fused-ring (bicyclic) bond motifs is 3. The first kappa shape index (κ1) is 13.2. The van der Waals surface area contributed by atoms with Gasteiger partial charge < -0.3 is 4.74 Å². The Kier molecular flexibility index (Phi) is 3.24. The molecule has 0 spiro atoms. The fourth-order valence-corrected chi connectivity index (χ4v) is 3.67. The maximum atomic E-state index is 12.2. The van der Waals surface area contributed by atoms with Gasteiger partial charge in [-0.25, -0.2) is 4.79 Å². The van der Waals surface area contributed by atoms with Gasteiger partial charge >= 0.3 is 5.97 Å². The Morgan fingerprint density at radius 1 is 1.50 bits per heavy atom. The van der Waals surface area contributed by atoms with Crippen LogP contribution in [-0.2, 0) is 14.3 Å². The number of β-lactam (4-membered cyclic amide) rings is 1. The first-order valence-electron chi connectivity index (χ1n) is 7.21. The Hall–Kier alpha value is -1.84. The molecule has 0 aromatic carbocycles. The fraction of sp³-hybridized carbons (Fsp3) is 0.500. The highest BCUT2D eigenvalue weighted by atomic mass is 16.5. The summed E-state index contributed by atoms with van der Waals surface area (Å²) in [4.78, 5) is 26.1. The first-order chi connectivity index (χ1) is 9.70. The Labute approximate surface area is 118 Å². The van der Waals surface area contributed by atoms with Gasteiger partial charge in [-0.1, -0.05) is 25.2 Å². The van der Waals surface area contributed by atoms with Gasteiger partial charge in [0.2, 0.25) is 0 Å². The molecule has 3 rings (SSSR count). The van der Waals surface area contributed by atoms with E-state index in [1.165, 1.54) is 6.42 Å². The molecule has 1 amide bonds. The van der Waals surface area contributed by atoms with Crippen molar-refractivity contribution in [3.63, 3.8) is 0 Å². The van der Waals surface area contributed by atoms with E-state index in [1.807, 2.05) is 13.0 Å². The molecule has 2 fully saturated rings. The lowest BCUT2D eigenvalue weighted by Crippen LogP contribution is -2.55. The summed E-state index contributed by atoms with van der Waals surface area (Å²) in [6.45, 7) is 5.62. The van der Waals surface area contributed by atoms with Crippen LogP contribution in [0.1, 0.15) is 32.6 Å². The van der Waals surface area contributed by atoms with Gasteiger partial charge in [-0.2, -0.15) is 0 Å². The van der Waals surface area contributed by atoms with E-state index in [9.17, 15) is 9.59 Å². The maximum Gasteiger partial charge on any atom is 0.355 e. The number of allylic oxidation sites excluding steroid dienone is 1. The van der Waals surface area contributed by atoms with Gasteiger partial charge in [0.15, 0.2) is 0 Å². The van der Waals surface area contributed by atoms with Crippen molar-refractivity contribution in [1.29, 1.82) is 0 Å². The standard InChI is InChI=1S/C16H19NO3/c1-3-9-20-16(19)14-12-8-6-5-7-11(12)13-10(4-2)15(18)17(13)14/h3-4,11,13H,1,5-9H2,2H3/t11-,13+/m1/s1. The average Bonchev–Trinajstić information content (AvgIpc) is 2.77. The second-order valence-corrected chi connectivity index (χ2v) is 5.48. The van der Waals surface area contributed by atoms with Gasteiger partial charge in [0.25, 0.3) is 5.91 Å². The molecule has 20 heavy (non-hydrogen) atoms. The van der Waals surface area contributed by atoms with Gasteiger partial charge in [0, 0.05) is 11.5 Å². The molecule has 4 nitrogen and oxygen atoms in total. The van der Waals surface area contributed by atoms with Crippen LogP contribution in [0.2, 0.25) is 0 Å². The second-order valence-electron chi connectivity index (χ2n) is 5.48. The lowest BCUT2D eigenvalue weighted by Gasteiger charge is -2.41. The largest absolute Gasteiger partial charge is 0.457 e. The number of carbonyl (C=O) groups is 2. The SMILES string of the molecule is C=CCOC(=O)C1=C2CCCC[C@H]2[C@@H]2C(=CC)C(=O)N12. The molecule has 0 unspecified atom stereocenters. The van der Waals surface area contributed by atoms with Crippen molar-refractivity contribution in [2.24, 2.45) is 5.92 Å². The summed E-state index contributed by atoms with van der Waals surface area (Å²) in [7, 11) is 0. The lowest BCUT2D eigenvalue weighted by molar-refractivity contribution is -0.145. The highest BCUT2D eigenvalue weighted by molar-refractivity contribution is 6.09. The van der Waals surface area contributed by atoms with Crippen molar-refractivity contribution >= 4 is 11.9 Å². The van der Waals surface area contributed by atoms with Crippen LogP contribution in [0.15, 0.2) is 35.6 Å². The Bertz CT molecular complexity index is 544. The second kappa shape index (κ2) is 4.93. The summed E-state index contributed by atoms with van der Waals surface area (Å²) < 4.78 is 5.17. The Morgan fingerprint density at radius 2 is 2.30 bits per heavy atom. The molecule has 0 bridgehead atoms. The summed E-state index contributed by atoms with van der Waals surface area (Å²) in [6.07, 6.45) is 7.64. The van der Waals surface area contributed by atoms with Crippen molar-refractivity contribution in [2.75, 3.05) is 6.61 Å². The van der Waals surface area contributed by atoms with E-state index in [0.29, 0.717) is 11.6 Å². The summed E-state index contributed by atoms with van der Waals surface area (Å²) in [5, 5.41) is 0. The van der Waals surface area contributed by atoms with Crippen LogP contribution >= 0.6 is 0 Å². The smallest absolute Gasteiger partial charge is 0.355 e. The molecule has 1 saturated carbocycles. The minimum atomic E-state index is -0.377. The van der Waals surface area contributed by atoms with Crippen molar-refractivity contribution in [2.45, 2.75) is 38.6 Å². The van der Waals surface area contributed by atoms with E-state index in [-0.39, 0.29) is 24.5 Å². The van der Waals surface area contributed by atoms with E-state index < -0.39 is 0 Å². The monoisotopic (exact) mass is 273 g/mol. The lowest BCUT2D eigenvalue weighted by atomic mass is 9.77. The molecule has 2 aliphatic heterocycles. The van der Waals surface area contributed by atoms with Crippen molar-refractivity contribution < 1.29 is 14.3 Å². The molecular weight excluding hydrogens is 254 g/mol. The molecule has 0 N–H and O–H groups in total. The summed E-state index contributed by atoms with van der Waals surface area (Å²) in [5.41, 5.74) is 2.48. The zero-order chi connectivity index (χ0) is 14.3. The topological polar surface area (TPSA) is 46.6 Å². The van der Waals surface area contributed by atoms with Crippen LogP contribution in [0.3, 0.4) is 0 Å².